The molecule has 184 valence electrons. The third-order valence-corrected chi connectivity index (χ3v) is 5.53. The summed E-state index contributed by atoms with van der Waals surface area (Å²) >= 11 is 5.94. The van der Waals surface area contributed by atoms with Gasteiger partial charge in [0.1, 0.15) is 11.3 Å². The van der Waals surface area contributed by atoms with Crippen LogP contribution in [0.15, 0.2) is 105 Å². The first-order valence-electron chi connectivity index (χ1n) is 10.9. The number of nitrogens with zero attached hydrogens (tertiary/aromatic N) is 4. The van der Waals surface area contributed by atoms with Crippen molar-refractivity contribution in [3.8, 4) is 17.2 Å². The summed E-state index contributed by atoms with van der Waals surface area (Å²) in [5.74, 6) is 0.401. The first kappa shape index (κ1) is 24.2. The third-order valence-electron chi connectivity index (χ3n) is 5.28. The SMILES string of the molecule is Oc1ccc(N=Nc2cccc(C(F)(F)F)c2)cc1C=Nc1ccc2oc(-c3ccc(Cl)cc3)nc2c1. The molecule has 0 saturated carbocycles. The van der Waals surface area contributed by atoms with E-state index in [-0.39, 0.29) is 11.4 Å². The predicted molar refractivity (Wildman–Crippen MR) is 135 cm³/mol. The average molecular weight is 521 g/mol. The van der Waals surface area contributed by atoms with Crippen molar-refractivity contribution in [1.29, 1.82) is 0 Å². The van der Waals surface area contributed by atoms with E-state index in [2.05, 4.69) is 20.2 Å². The molecule has 5 rings (SSSR count). The summed E-state index contributed by atoms with van der Waals surface area (Å²) < 4.78 is 44.5. The van der Waals surface area contributed by atoms with Gasteiger partial charge in [-0.2, -0.15) is 23.4 Å². The number of phenolic OH excluding ortho intramolecular Hbond substituents is 1. The quantitative estimate of drug-likeness (QED) is 0.185. The standard InChI is InChI=1S/C27H16ClF3N4O2/c28-19-6-4-16(5-7-19)26-33-23-14-20(9-11-25(23)37-26)32-15-17-12-22(8-10-24(17)36)35-34-21-3-1-2-18(13-21)27(29,30)31/h1-15,36H. The zero-order chi connectivity index (χ0) is 26.0. The van der Waals surface area contributed by atoms with Crippen molar-refractivity contribution >= 4 is 46.0 Å². The second kappa shape index (κ2) is 9.87. The summed E-state index contributed by atoms with van der Waals surface area (Å²) in [6.45, 7) is 0. The first-order chi connectivity index (χ1) is 17.7. The molecule has 0 amide bonds. The molecule has 0 unspecified atom stereocenters. The molecule has 1 aromatic heterocycles. The molecule has 0 atom stereocenters. The van der Waals surface area contributed by atoms with Crippen LogP contribution < -0.4 is 0 Å². The largest absolute Gasteiger partial charge is 0.507 e. The molecule has 1 N–H and O–H groups in total. The van der Waals surface area contributed by atoms with Crippen molar-refractivity contribution < 1.29 is 22.7 Å². The average Bonchev–Trinajstić information content (AvgIpc) is 3.31. The minimum Gasteiger partial charge on any atom is -0.507 e. The molecule has 0 radical (unpaired) electrons. The van der Waals surface area contributed by atoms with Crippen LogP contribution in [0.4, 0.5) is 30.2 Å². The Balaban J connectivity index is 1.36. The Kier molecular flexibility index (Phi) is 6.45. The normalized spacial score (nSPS) is 12.2. The van der Waals surface area contributed by atoms with Crippen LogP contribution in [-0.2, 0) is 6.18 Å². The molecule has 0 saturated heterocycles. The van der Waals surface area contributed by atoms with E-state index in [4.69, 9.17) is 16.0 Å². The van der Waals surface area contributed by atoms with Gasteiger partial charge in [0.25, 0.3) is 0 Å². The van der Waals surface area contributed by atoms with Gasteiger partial charge in [-0.3, -0.25) is 4.99 Å². The number of rotatable bonds is 5. The highest BCUT2D eigenvalue weighted by atomic mass is 35.5. The van der Waals surface area contributed by atoms with E-state index in [0.29, 0.717) is 39.0 Å². The Bertz CT molecular complexity index is 1640. The fourth-order valence-electron chi connectivity index (χ4n) is 3.42. The lowest BCUT2D eigenvalue weighted by molar-refractivity contribution is -0.137. The van der Waals surface area contributed by atoms with Gasteiger partial charge in [-0.25, -0.2) is 4.98 Å². The molecular formula is C27H16ClF3N4O2. The van der Waals surface area contributed by atoms with Gasteiger partial charge in [0, 0.05) is 22.4 Å². The van der Waals surface area contributed by atoms with E-state index >= 15 is 0 Å². The number of hydrogen-bond acceptors (Lipinski definition) is 6. The number of aromatic nitrogens is 1. The zero-order valence-corrected chi connectivity index (χ0v) is 19.6. The van der Waals surface area contributed by atoms with Gasteiger partial charge >= 0.3 is 6.18 Å². The highest BCUT2D eigenvalue weighted by Gasteiger charge is 2.30. The fraction of sp³-hybridized carbons (Fsp3) is 0.0370. The van der Waals surface area contributed by atoms with E-state index in [9.17, 15) is 18.3 Å². The summed E-state index contributed by atoms with van der Waals surface area (Å²) in [5, 5.41) is 18.7. The van der Waals surface area contributed by atoms with Crippen molar-refractivity contribution in [2.45, 2.75) is 6.18 Å². The van der Waals surface area contributed by atoms with Gasteiger partial charge in [0.2, 0.25) is 5.89 Å². The molecular weight excluding hydrogens is 505 g/mol. The summed E-state index contributed by atoms with van der Waals surface area (Å²) in [4.78, 5) is 8.90. The fourth-order valence-corrected chi connectivity index (χ4v) is 3.55. The smallest absolute Gasteiger partial charge is 0.416 e. The van der Waals surface area contributed by atoms with Crippen molar-refractivity contribution in [1.82, 2.24) is 4.98 Å². The number of azo groups is 1. The van der Waals surface area contributed by atoms with E-state index in [1.54, 1.807) is 30.3 Å². The monoisotopic (exact) mass is 520 g/mol. The summed E-state index contributed by atoms with van der Waals surface area (Å²) in [6.07, 6.45) is -3.03. The Morgan fingerprint density at radius 3 is 2.32 bits per heavy atom. The summed E-state index contributed by atoms with van der Waals surface area (Å²) in [7, 11) is 0. The Morgan fingerprint density at radius 1 is 0.838 bits per heavy atom. The molecule has 10 heteroatoms. The van der Waals surface area contributed by atoms with Crippen LogP contribution >= 0.6 is 11.6 Å². The molecule has 37 heavy (non-hydrogen) atoms. The van der Waals surface area contributed by atoms with Crippen LogP contribution in [0, 0.1) is 0 Å². The van der Waals surface area contributed by atoms with Crippen LogP contribution in [0.25, 0.3) is 22.6 Å². The minimum absolute atomic E-state index is 0.0469. The van der Waals surface area contributed by atoms with Crippen molar-refractivity contribution in [2.75, 3.05) is 0 Å². The zero-order valence-electron chi connectivity index (χ0n) is 18.8. The molecule has 0 aliphatic heterocycles. The Morgan fingerprint density at radius 2 is 1.57 bits per heavy atom. The van der Waals surface area contributed by atoms with Crippen LogP contribution in [-0.4, -0.2) is 16.3 Å². The Hall–Kier alpha value is -4.50. The topological polar surface area (TPSA) is 83.3 Å². The molecule has 0 spiro atoms. The minimum atomic E-state index is -4.47. The molecule has 0 fully saturated rings. The van der Waals surface area contributed by atoms with Gasteiger partial charge in [-0.15, -0.1) is 0 Å². The number of aromatic hydroxyl groups is 1. The molecule has 0 aliphatic carbocycles. The molecule has 0 bridgehead atoms. The lowest BCUT2D eigenvalue weighted by atomic mass is 10.2. The lowest BCUT2D eigenvalue weighted by Crippen LogP contribution is -2.03. The number of fused-ring (bicyclic) bond motifs is 1. The van der Waals surface area contributed by atoms with Gasteiger partial charge in [0.15, 0.2) is 5.58 Å². The maximum atomic E-state index is 12.9. The number of alkyl halides is 3. The van der Waals surface area contributed by atoms with E-state index in [1.807, 2.05) is 12.1 Å². The number of phenols is 1. The van der Waals surface area contributed by atoms with Crippen molar-refractivity contribution in [3.05, 3.63) is 101 Å². The molecule has 5 aromatic rings. The number of halogens is 4. The highest BCUT2D eigenvalue weighted by Crippen LogP contribution is 2.32. The van der Waals surface area contributed by atoms with Crippen LogP contribution in [0.2, 0.25) is 5.02 Å². The van der Waals surface area contributed by atoms with E-state index in [0.717, 1.165) is 17.7 Å². The highest BCUT2D eigenvalue weighted by molar-refractivity contribution is 6.30. The first-order valence-corrected chi connectivity index (χ1v) is 11.2. The maximum absolute atomic E-state index is 12.9. The van der Waals surface area contributed by atoms with Gasteiger partial charge < -0.3 is 9.52 Å². The lowest BCUT2D eigenvalue weighted by Gasteiger charge is -2.06. The number of oxazole rings is 1. The third kappa shape index (κ3) is 5.68. The molecule has 4 aromatic carbocycles. The van der Waals surface area contributed by atoms with Gasteiger partial charge in [0.05, 0.1) is 22.6 Å². The van der Waals surface area contributed by atoms with Gasteiger partial charge in [-0.05, 0) is 78.9 Å². The second-order valence-corrected chi connectivity index (χ2v) is 8.36. The van der Waals surface area contributed by atoms with Crippen LogP contribution in [0.3, 0.4) is 0 Å². The Labute approximate surface area is 213 Å². The van der Waals surface area contributed by atoms with Crippen molar-refractivity contribution in [2.24, 2.45) is 15.2 Å². The molecule has 6 nitrogen and oxygen atoms in total. The summed E-state index contributed by atoms with van der Waals surface area (Å²) in [6, 6.07) is 21.3. The van der Waals surface area contributed by atoms with Crippen LogP contribution in [0.1, 0.15) is 11.1 Å². The van der Waals surface area contributed by atoms with Crippen LogP contribution in [0.5, 0.6) is 5.75 Å². The molecule has 0 aliphatic rings. The summed E-state index contributed by atoms with van der Waals surface area (Å²) in [5.41, 5.74) is 2.46. The van der Waals surface area contributed by atoms with E-state index < -0.39 is 11.7 Å². The molecule has 1 heterocycles. The number of hydrogen-bond donors (Lipinski definition) is 1. The predicted octanol–water partition coefficient (Wildman–Crippen LogP) is 9.04. The van der Waals surface area contributed by atoms with Crippen molar-refractivity contribution in [3.63, 3.8) is 0 Å². The number of aliphatic imine (C=N–C) groups is 1. The van der Waals surface area contributed by atoms with Gasteiger partial charge in [-0.1, -0.05) is 17.7 Å². The maximum Gasteiger partial charge on any atom is 0.416 e. The number of benzene rings is 4. The van der Waals surface area contributed by atoms with E-state index in [1.165, 1.54) is 36.5 Å². The second-order valence-electron chi connectivity index (χ2n) is 7.93.